The van der Waals surface area contributed by atoms with E-state index in [9.17, 15) is 9.90 Å². The predicted octanol–water partition coefficient (Wildman–Crippen LogP) is 3.42. The van der Waals surface area contributed by atoms with Crippen LogP contribution in [0.5, 0.6) is 5.75 Å². The van der Waals surface area contributed by atoms with Gasteiger partial charge in [-0.25, -0.2) is 4.79 Å². The highest BCUT2D eigenvalue weighted by atomic mass is 16.3. The number of anilines is 1. The summed E-state index contributed by atoms with van der Waals surface area (Å²) in [7, 11) is 0. The molecule has 0 unspecified atom stereocenters. The zero-order valence-electron chi connectivity index (χ0n) is 11.7. The molecule has 0 saturated carbocycles. The third kappa shape index (κ3) is 3.40. The van der Waals surface area contributed by atoms with Gasteiger partial charge in [0.1, 0.15) is 5.75 Å². The summed E-state index contributed by atoms with van der Waals surface area (Å²) in [6.07, 6.45) is 4.59. The molecular formula is C15H22N2O2. The van der Waals surface area contributed by atoms with Gasteiger partial charge in [0.25, 0.3) is 0 Å². The van der Waals surface area contributed by atoms with E-state index in [1.807, 2.05) is 24.8 Å². The lowest BCUT2D eigenvalue weighted by Gasteiger charge is -2.21. The molecule has 1 fully saturated rings. The second-order valence-corrected chi connectivity index (χ2v) is 5.29. The lowest BCUT2D eigenvalue weighted by molar-refractivity contribution is 0.213. The second kappa shape index (κ2) is 5.95. The van der Waals surface area contributed by atoms with Crippen LogP contribution in [0.15, 0.2) is 12.1 Å². The number of amides is 2. The van der Waals surface area contributed by atoms with Crippen LogP contribution in [0.2, 0.25) is 0 Å². The minimum atomic E-state index is -0.0323. The Labute approximate surface area is 114 Å². The van der Waals surface area contributed by atoms with Crippen LogP contribution in [0.1, 0.15) is 36.8 Å². The Morgan fingerprint density at radius 1 is 1.11 bits per heavy atom. The molecule has 4 heteroatoms. The van der Waals surface area contributed by atoms with Gasteiger partial charge in [-0.15, -0.1) is 0 Å². The van der Waals surface area contributed by atoms with Gasteiger partial charge in [-0.1, -0.05) is 12.8 Å². The number of benzene rings is 1. The van der Waals surface area contributed by atoms with Gasteiger partial charge in [-0.2, -0.15) is 0 Å². The maximum atomic E-state index is 12.2. The van der Waals surface area contributed by atoms with Crippen molar-refractivity contribution in [2.24, 2.45) is 0 Å². The van der Waals surface area contributed by atoms with Gasteiger partial charge in [-0.05, 0) is 49.9 Å². The Bertz CT molecular complexity index is 463. The summed E-state index contributed by atoms with van der Waals surface area (Å²) in [6.45, 7) is 5.39. The first-order valence-electron chi connectivity index (χ1n) is 6.94. The van der Waals surface area contributed by atoms with Crippen LogP contribution in [0.4, 0.5) is 10.5 Å². The zero-order valence-corrected chi connectivity index (χ0v) is 11.7. The number of nitrogens with zero attached hydrogens (tertiary/aromatic N) is 1. The second-order valence-electron chi connectivity index (χ2n) is 5.29. The Hall–Kier alpha value is -1.71. The Morgan fingerprint density at radius 3 is 2.37 bits per heavy atom. The Morgan fingerprint density at radius 2 is 1.74 bits per heavy atom. The van der Waals surface area contributed by atoms with Crippen LogP contribution in [0.3, 0.4) is 0 Å². The highest BCUT2D eigenvalue weighted by molar-refractivity contribution is 5.90. The van der Waals surface area contributed by atoms with E-state index in [4.69, 9.17) is 0 Å². The topological polar surface area (TPSA) is 52.6 Å². The molecule has 0 spiro atoms. The fourth-order valence-electron chi connectivity index (χ4n) is 2.40. The van der Waals surface area contributed by atoms with Gasteiger partial charge in [0, 0.05) is 18.8 Å². The van der Waals surface area contributed by atoms with Gasteiger partial charge in [-0.3, -0.25) is 0 Å². The number of likely N-dealkylation sites (tertiary alicyclic amines) is 1. The largest absolute Gasteiger partial charge is 0.508 e. The van der Waals surface area contributed by atoms with Gasteiger partial charge >= 0.3 is 6.03 Å². The summed E-state index contributed by atoms with van der Waals surface area (Å²) >= 11 is 0. The molecule has 1 saturated heterocycles. The summed E-state index contributed by atoms with van der Waals surface area (Å²) in [4.78, 5) is 14.1. The summed E-state index contributed by atoms with van der Waals surface area (Å²) in [6, 6.07) is 3.48. The van der Waals surface area contributed by atoms with Crippen molar-refractivity contribution in [2.45, 2.75) is 39.5 Å². The molecule has 0 radical (unpaired) electrons. The van der Waals surface area contributed by atoms with E-state index in [1.165, 1.54) is 12.8 Å². The summed E-state index contributed by atoms with van der Waals surface area (Å²) in [5, 5.41) is 12.6. The van der Waals surface area contributed by atoms with Crippen molar-refractivity contribution >= 4 is 11.7 Å². The number of phenolic OH excluding ortho intramolecular Hbond substituents is 1. The van der Waals surface area contributed by atoms with Crippen LogP contribution in [0.25, 0.3) is 0 Å². The van der Waals surface area contributed by atoms with Crippen molar-refractivity contribution < 1.29 is 9.90 Å². The van der Waals surface area contributed by atoms with Gasteiger partial charge < -0.3 is 15.3 Å². The van der Waals surface area contributed by atoms with Crippen LogP contribution in [-0.2, 0) is 0 Å². The summed E-state index contributed by atoms with van der Waals surface area (Å²) < 4.78 is 0. The van der Waals surface area contributed by atoms with Gasteiger partial charge in [0.15, 0.2) is 0 Å². The first-order chi connectivity index (χ1) is 9.08. The molecule has 1 aliphatic rings. The van der Waals surface area contributed by atoms with E-state index in [0.29, 0.717) is 0 Å². The fourth-order valence-corrected chi connectivity index (χ4v) is 2.40. The number of phenols is 1. The standard InChI is InChI=1S/C15H22N2O2/c1-11-10-14(18)12(2)9-13(11)16-15(19)17-7-5-3-4-6-8-17/h9-10,18H,3-8H2,1-2H3,(H,16,19). The molecule has 0 aromatic heterocycles. The molecule has 0 aliphatic carbocycles. The quantitative estimate of drug-likeness (QED) is 0.762. The number of aryl methyl sites for hydroxylation is 2. The number of carbonyl (C=O) groups is 1. The number of nitrogens with one attached hydrogen (secondary N) is 1. The van der Waals surface area contributed by atoms with Crippen molar-refractivity contribution in [3.05, 3.63) is 23.3 Å². The van der Waals surface area contributed by atoms with Crippen LogP contribution in [0, 0.1) is 13.8 Å². The smallest absolute Gasteiger partial charge is 0.321 e. The van der Waals surface area contributed by atoms with E-state index >= 15 is 0 Å². The molecule has 0 atom stereocenters. The summed E-state index contributed by atoms with van der Waals surface area (Å²) in [5.74, 6) is 0.269. The molecule has 1 aromatic carbocycles. The van der Waals surface area contributed by atoms with E-state index < -0.39 is 0 Å². The molecule has 104 valence electrons. The van der Waals surface area contributed by atoms with Crippen molar-refractivity contribution in [3.8, 4) is 5.75 Å². The van der Waals surface area contributed by atoms with E-state index in [1.54, 1.807) is 6.07 Å². The maximum absolute atomic E-state index is 12.2. The maximum Gasteiger partial charge on any atom is 0.321 e. The normalized spacial score (nSPS) is 16.0. The van der Waals surface area contributed by atoms with E-state index in [-0.39, 0.29) is 11.8 Å². The molecule has 19 heavy (non-hydrogen) atoms. The first-order valence-corrected chi connectivity index (χ1v) is 6.94. The van der Waals surface area contributed by atoms with E-state index in [0.717, 1.165) is 42.7 Å². The molecule has 2 amide bonds. The number of carbonyl (C=O) groups excluding carboxylic acids is 1. The zero-order chi connectivity index (χ0) is 13.8. The number of hydrogen-bond acceptors (Lipinski definition) is 2. The minimum absolute atomic E-state index is 0.0323. The molecule has 0 bridgehead atoms. The molecular weight excluding hydrogens is 240 g/mol. The number of aromatic hydroxyl groups is 1. The van der Waals surface area contributed by atoms with Crippen LogP contribution >= 0.6 is 0 Å². The molecule has 2 N–H and O–H groups in total. The molecule has 1 heterocycles. The first kappa shape index (κ1) is 13.7. The average Bonchev–Trinajstić information content (AvgIpc) is 2.64. The molecule has 1 aliphatic heterocycles. The predicted molar refractivity (Wildman–Crippen MR) is 76.6 cm³/mol. The number of hydrogen-bond donors (Lipinski definition) is 2. The third-order valence-corrected chi connectivity index (χ3v) is 3.68. The molecule has 2 rings (SSSR count). The van der Waals surface area contributed by atoms with Gasteiger partial charge in [0.05, 0.1) is 0 Å². The highest BCUT2D eigenvalue weighted by Gasteiger charge is 2.16. The van der Waals surface area contributed by atoms with Crippen molar-refractivity contribution in [1.29, 1.82) is 0 Å². The molecule has 1 aromatic rings. The van der Waals surface area contributed by atoms with Crippen molar-refractivity contribution in [3.63, 3.8) is 0 Å². The lowest BCUT2D eigenvalue weighted by Crippen LogP contribution is -2.35. The highest BCUT2D eigenvalue weighted by Crippen LogP contribution is 2.25. The summed E-state index contributed by atoms with van der Waals surface area (Å²) in [5.41, 5.74) is 2.44. The number of rotatable bonds is 1. The Balaban J connectivity index is 2.07. The monoisotopic (exact) mass is 262 g/mol. The SMILES string of the molecule is Cc1cc(NC(=O)N2CCCCCC2)c(C)cc1O. The minimum Gasteiger partial charge on any atom is -0.508 e. The van der Waals surface area contributed by atoms with Crippen LogP contribution in [-0.4, -0.2) is 29.1 Å². The van der Waals surface area contributed by atoms with Crippen molar-refractivity contribution in [1.82, 2.24) is 4.90 Å². The van der Waals surface area contributed by atoms with Gasteiger partial charge in [0.2, 0.25) is 0 Å². The average molecular weight is 262 g/mol. The third-order valence-electron chi connectivity index (χ3n) is 3.68. The van der Waals surface area contributed by atoms with Crippen LogP contribution < -0.4 is 5.32 Å². The number of urea groups is 1. The van der Waals surface area contributed by atoms with E-state index in [2.05, 4.69) is 5.32 Å². The fraction of sp³-hybridized carbons (Fsp3) is 0.533. The lowest BCUT2D eigenvalue weighted by atomic mass is 10.1. The molecule has 4 nitrogen and oxygen atoms in total. The van der Waals surface area contributed by atoms with Crippen molar-refractivity contribution in [2.75, 3.05) is 18.4 Å². The Kier molecular flexibility index (Phi) is 4.30.